The lowest BCUT2D eigenvalue weighted by Crippen LogP contribution is -1.93. The fourth-order valence-corrected chi connectivity index (χ4v) is 2.27. The van der Waals surface area contributed by atoms with Gasteiger partial charge >= 0.3 is 5.97 Å². The number of carboxylic acids is 1. The van der Waals surface area contributed by atoms with Crippen molar-refractivity contribution in [3.05, 3.63) is 12.2 Å². The average Bonchev–Trinajstić information content (AvgIpc) is 2.45. The minimum absolute atomic E-state index is 0.264. The third kappa shape index (κ3) is 16.8. The van der Waals surface area contributed by atoms with Crippen molar-refractivity contribution in [3.8, 4) is 0 Å². The number of hydrogen-bond acceptors (Lipinski definition) is 2. The zero-order valence-electron chi connectivity index (χ0n) is 13.6. The van der Waals surface area contributed by atoms with E-state index < -0.39 is 5.97 Å². The number of hydrogen-bond donors (Lipinski definition) is 1. The molecule has 0 rings (SSSR count). The van der Waals surface area contributed by atoms with Crippen LogP contribution in [0.15, 0.2) is 12.2 Å². The summed E-state index contributed by atoms with van der Waals surface area (Å²) in [5.74, 6) is -0.431. The molecule has 0 amide bonds. The third-order valence-electron chi connectivity index (χ3n) is 3.59. The van der Waals surface area contributed by atoms with Gasteiger partial charge in [-0.2, -0.15) is 0 Å². The molecule has 0 saturated heterocycles. The zero-order valence-corrected chi connectivity index (χ0v) is 13.6. The zero-order chi connectivity index (χ0) is 15.8. The van der Waals surface area contributed by atoms with Crippen LogP contribution in [-0.2, 0) is 9.59 Å². The van der Waals surface area contributed by atoms with E-state index in [-0.39, 0.29) is 5.78 Å². The Morgan fingerprint density at radius 2 is 1.38 bits per heavy atom. The van der Waals surface area contributed by atoms with E-state index in [2.05, 4.69) is 6.92 Å². The molecule has 3 heteroatoms. The van der Waals surface area contributed by atoms with Crippen molar-refractivity contribution < 1.29 is 14.7 Å². The fraction of sp³-hybridized carbons (Fsp3) is 0.778. The number of carboxylic acid groups (broad SMARTS) is 1. The molecule has 0 fully saturated rings. The molecule has 0 heterocycles. The maximum absolute atomic E-state index is 11.5. The summed E-state index contributed by atoms with van der Waals surface area (Å²) in [6.07, 6.45) is 16.7. The van der Waals surface area contributed by atoms with E-state index >= 15 is 0 Å². The molecule has 0 aromatic heterocycles. The van der Waals surface area contributed by atoms with Crippen LogP contribution in [-0.4, -0.2) is 16.9 Å². The topological polar surface area (TPSA) is 54.4 Å². The summed E-state index contributed by atoms with van der Waals surface area (Å²) >= 11 is 0. The van der Waals surface area contributed by atoms with Gasteiger partial charge in [0.15, 0.2) is 5.78 Å². The molecule has 0 radical (unpaired) electrons. The summed E-state index contributed by atoms with van der Waals surface area (Å²) in [6.45, 7) is 2.17. The summed E-state index contributed by atoms with van der Waals surface area (Å²) < 4.78 is 0. The summed E-state index contributed by atoms with van der Waals surface area (Å²) in [5, 5.41) is 8.50. The van der Waals surface area contributed by atoms with Crippen LogP contribution in [0.5, 0.6) is 0 Å². The minimum Gasteiger partial charge on any atom is -0.481 e. The Labute approximate surface area is 129 Å². The second kappa shape index (κ2) is 15.3. The van der Waals surface area contributed by atoms with Crippen LogP contribution in [0.1, 0.15) is 90.4 Å². The molecule has 3 nitrogen and oxygen atoms in total. The predicted molar refractivity (Wildman–Crippen MR) is 87.5 cm³/mol. The SMILES string of the molecule is CCCCCCC(=O)/C=C\CCCCCCCCC(=O)O. The van der Waals surface area contributed by atoms with Gasteiger partial charge in [0.2, 0.25) is 0 Å². The second-order valence-corrected chi connectivity index (χ2v) is 5.73. The van der Waals surface area contributed by atoms with Crippen LogP contribution >= 0.6 is 0 Å². The van der Waals surface area contributed by atoms with Gasteiger partial charge in [-0.15, -0.1) is 0 Å². The number of carbonyl (C=O) groups excluding carboxylic acids is 1. The number of ketones is 1. The Bertz CT molecular complexity index is 295. The average molecular weight is 296 g/mol. The smallest absolute Gasteiger partial charge is 0.303 e. The van der Waals surface area contributed by atoms with Crippen molar-refractivity contribution in [2.45, 2.75) is 90.4 Å². The number of unbranched alkanes of at least 4 members (excludes halogenated alkanes) is 9. The Morgan fingerprint density at radius 1 is 0.810 bits per heavy atom. The van der Waals surface area contributed by atoms with Crippen molar-refractivity contribution in [1.29, 1.82) is 0 Å². The second-order valence-electron chi connectivity index (χ2n) is 5.73. The summed E-state index contributed by atoms with van der Waals surface area (Å²) in [7, 11) is 0. The minimum atomic E-state index is -0.695. The molecule has 0 aromatic carbocycles. The maximum Gasteiger partial charge on any atom is 0.303 e. The highest BCUT2D eigenvalue weighted by Crippen LogP contribution is 2.09. The summed E-state index contributed by atoms with van der Waals surface area (Å²) in [5.41, 5.74) is 0. The van der Waals surface area contributed by atoms with E-state index in [0.29, 0.717) is 12.8 Å². The van der Waals surface area contributed by atoms with Gasteiger partial charge in [-0.25, -0.2) is 0 Å². The molecule has 0 unspecified atom stereocenters. The molecular weight excluding hydrogens is 264 g/mol. The van der Waals surface area contributed by atoms with E-state index in [9.17, 15) is 9.59 Å². The first-order valence-corrected chi connectivity index (χ1v) is 8.58. The largest absolute Gasteiger partial charge is 0.481 e. The molecule has 0 saturated carbocycles. The lowest BCUT2D eigenvalue weighted by Gasteiger charge is -1.99. The Morgan fingerprint density at radius 3 is 2.05 bits per heavy atom. The monoisotopic (exact) mass is 296 g/mol. The van der Waals surface area contributed by atoms with Crippen molar-refractivity contribution >= 4 is 11.8 Å². The standard InChI is InChI=1S/C18H32O3/c1-2-3-4-11-14-17(19)15-12-9-7-5-6-8-10-13-16-18(20)21/h12,15H,2-11,13-14,16H2,1H3,(H,20,21)/b15-12-. The van der Waals surface area contributed by atoms with Crippen molar-refractivity contribution in [2.75, 3.05) is 0 Å². The van der Waals surface area contributed by atoms with Gasteiger partial charge in [0, 0.05) is 12.8 Å². The van der Waals surface area contributed by atoms with E-state index in [1.807, 2.05) is 6.08 Å². The summed E-state index contributed by atoms with van der Waals surface area (Å²) in [6, 6.07) is 0. The van der Waals surface area contributed by atoms with E-state index in [4.69, 9.17) is 5.11 Å². The fourth-order valence-electron chi connectivity index (χ4n) is 2.27. The Hall–Kier alpha value is -1.12. The molecule has 1 N–H and O–H groups in total. The highest BCUT2D eigenvalue weighted by molar-refractivity contribution is 5.89. The first kappa shape index (κ1) is 19.9. The lowest BCUT2D eigenvalue weighted by atomic mass is 10.1. The summed E-state index contributed by atoms with van der Waals surface area (Å²) in [4.78, 5) is 21.9. The van der Waals surface area contributed by atoms with Crippen LogP contribution in [0.4, 0.5) is 0 Å². The van der Waals surface area contributed by atoms with Crippen LogP contribution in [0, 0.1) is 0 Å². The molecule has 0 aliphatic carbocycles. The quantitative estimate of drug-likeness (QED) is 0.330. The van der Waals surface area contributed by atoms with Crippen LogP contribution < -0.4 is 0 Å². The van der Waals surface area contributed by atoms with E-state index in [1.54, 1.807) is 6.08 Å². The van der Waals surface area contributed by atoms with Crippen LogP contribution in [0.3, 0.4) is 0 Å². The Balaban J connectivity index is 3.27. The van der Waals surface area contributed by atoms with Gasteiger partial charge in [-0.3, -0.25) is 9.59 Å². The van der Waals surface area contributed by atoms with Gasteiger partial charge in [0.25, 0.3) is 0 Å². The van der Waals surface area contributed by atoms with Crippen LogP contribution in [0.25, 0.3) is 0 Å². The third-order valence-corrected chi connectivity index (χ3v) is 3.59. The van der Waals surface area contributed by atoms with Gasteiger partial charge < -0.3 is 5.11 Å². The molecule has 0 spiro atoms. The molecule has 0 aromatic rings. The van der Waals surface area contributed by atoms with Crippen molar-refractivity contribution in [2.24, 2.45) is 0 Å². The first-order valence-electron chi connectivity index (χ1n) is 8.58. The molecule has 122 valence electrons. The normalized spacial score (nSPS) is 11.1. The van der Waals surface area contributed by atoms with Gasteiger partial charge in [-0.05, 0) is 31.8 Å². The highest BCUT2D eigenvalue weighted by atomic mass is 16.4. The highest BCUT2D eigenvalue weighted by Gasteiger charge is 1.97. The Kier molecular flexibility index (Phi) is 14.5. The molecule has 0 aliphatic heterocycles. The first-order chi connectivity index (χ1) is 10.2. The van der Waals surface area contributed by atoms with E-state index in [1.165, 1.54) is 25.7 Å². The van der Waals surface area contributed by atoms with Crippen molar-refractivity contribution in [1.82, 2.24) is 0 Å². The van der Waals surface area contributed by atoms with Gasteiger partial charge in [0.05, 0.1) is 0 Å². The number of rotatable bonds is 15. The maximum atomic E-state index is 11.5. The van der Waals surface area contributed by atoms with Gasteiger partial charge in [0.1, 0.15) is 0 Å². The number of aliphatic carboxylic acids is 1. The van der Waals surface area contributed by atoms with Crippen molar-refractivity contribution in [3.63, 3.8) is 0 Å². The van der Waals surface area contributed by atoms with E-state index in [0.717, 1.165) is 44.9 Å². The van der Waals surface area contributed by atoms with Gasteiger partial charge in [-0.1, -0.05) is 57.9 Å². The predicted octanol–water partition coefficient (Wildman–Crippen LogP) is 5.29. The molecule has 0 bridgehead atoms. The molecule has 21 heavy (non-hydrogen) atoms. The number of allylic oxidation sites excluding steroid dienone is 2. The molecular formula is C18H32O3. The molecule has 0 atom stereocenters. The molecule has 0 aliphatic rings. The number of carbonyl (C=O) groups is 2. The lowest BCUT2D eigenvalue weighted by molar-refractivity contribution is -0.137. The van der Waals surface area contributed by atoms with Crippen LogP contribution in [0.2, 0.25) is 0 Å².